The fourth-order valence-electron chi connectivity index (χ4n) is 2.92. The van der Waals surface area contributed by atoms with Crippen LogP contribution in [0.4, 0.5) is 0 Å². The number of hydrogen-bond donors (Lipinski definition) is 1. The monoisotopic (exact) mass is 288 g/mol. The second-order valence-corrected chi connectivity index (χ2v) is 6.78. The molecule has 0 bridgehead atoms. The predicted molar refractivity (Wildman–Crippen MR) is 91.5 cm³/mol. The highest BCUT2D eigenvalue weighted by Crippen LogP contribution is 2.34. The summed E-state index contributed by atoms with van der Waals surface area (Å²) in [6, 6.07) is 12.4. The number of hydrogen-bond acceptors (Lipinski definition) is 2. The first-order valence-corrected chi connectivity index (χ1v) is 8.73. The van der Waals surface area contributed by atoms with Crippen molar-refractivity contribution < 1.29 is 0 Å². The van der Waals surface area contributed by atoms with E-state index in [1.807, 2.05) is 0 Å². The lowest BCUT2D eigenvalue weighted by atomic mass is 10.0. The van der Waals surface area contributed by atoms with Gasteiger partial charge in [-0.15, -0.1) is 0 Å². The van der Waals surface area contributed by atoms with Crippen molar-refractivity contribution in [1.82, 2.24) is 10.2 Å². The summed E-state index contributed by atoms with van der Waals surface area (Å²) in [5.41, 5.74) is 1.47. The summed E-state index contributed by atoms with van der Waals surface area (Å²) in [5, 5.41) is 3.64. The van der Waals surface area contributed by atoms with Gasteiger partial charge in [-0.1, -0.05) is 51.1 Å². The Morgan fingerprint density at radius 3 is 2.48 bits per heavy atom. The minimum absolute atomic E-state index is 0.531. The van der Waals surface area contributed by atoms with E-state index in [0.717, 1.165) is 25.0 Å². The average molecular weight is 288 g/mol. The van der Waals surface area contributed by atoms with Crippen LogP contribution in [0.15, 0.2) is 30.3 Å². The molecule has 1 N–H and O–H groups in total. The molecule has 1 aromatic rings. The molecule has 1 aromatic carbocycles. The Labute approximate surface area is 130 Å². The van der Waals surface area contributed by atoms with E-state index in [1.165, 1.54) is 37.8 Å². The molecule has 0 aliphatic heterocycles. The molecule has 21 heavy (non-hydrogen) atoms. The smallest absolute Gasteiger partial charge is 0.0475 e. The summed E-state index contributed by atoms with van der Waals surface area (Å²) in [6.07, 6.45) is 5.27. The molecular formula is C19H32N2. The number of benzene rings is 1. The average Bonchev–Trinajstić information content (AvgIpc) is 3.31. The molecule has 1 unspecified atom stereocenters. The molecule has 1 aliphatic rings. The van der Waals surface area contributed by atoms with E-state index >= 15 is 0 Å². The normalized spacial score (nSPS) is 16.6. The molecule has 1 saturated carbocycles. The van der Waals surface area contributed by atoms with Gasteiger partial charge < -0.3 is 5.32 Å². The topological polar surface area (TPSA) is 15.3 Å². The number of nitrogens with zero attached hydrogens (tertiary/aromatic N) is 1. The molecule has 1 atom stereocenters. The molecule has 1 aliphatic carbocycles. The predicted octanol–water partition coefficient (Wildman–Crippen LogP) is 4.24. The molecule has 1 fully saturated rings. The Bertz CT molecular complexity index is 384. The summed E-state index contributed by atoms with van der Waals surface area (Å²) in [6.45, 7) is 10.3. The first-order valence-electron chi connectivity index (χ1n) is 8.73. The van der Waals surface area contributed by atoms with Crippen molar-refractivity contribution in [3.8, 4) is 0 Å². The largest absolute Gasteiger partial charge is 0.315 e. The maximum atomic E-state index is 3.64. The SMILES string of the molecule is CCCNCC(c1ccccc1)N(CCC(C)C)C1CC1. The highest BCUT2D eigenvalue weighted by Gasteiger charge is 2.34. The first-order chi connectivity index (χ1) is 10.2. The quantitative estimate of drug-likeness (QED) is 0.648. The minimum atomic E-state index is 0.531. The summed E-state index contributed by atoms with van der Waals surface area (Å²) < 4.78 is 0. The molecule has 118 valence electrons. The summed E-state index contributed by atoms with van der Waals surface area (Å²) in [5.74, 6) is 0.784. The van der Waals surface area contributed by atoms with Gasteiger partial charge in [0.15, 0.2) is 0 Å². The fourth-order valence-corrected chi connectivity index (χ4v) is 2.92. The highest BCUT2D eigenvalue weighted by molar-refractivity contribution is 5.20. The van der Waals surface area contributed by atoms with Crippen molar-refractivity contribution in [2.24, 2.45) is 5.92 Å². The van der Waals surface area contributed by atoms with Crippen molar-refractivity contribution in [2.75, 3.05) is 19.6 Å². The zero-order chi connectivity index (χ0) is 15.1. The third-order valence-corrected chi connectivity index (χ3v) is 4.33. The van der Waals surface area contributed by atoms with Crippen LogP contribution >= 0.6 is 0 Å². The van der Waals surface area contributed by atoms with Crippen LogP contribution < -0.4 is 5.32 Å². The molecule has 0 radical (unpaired) electrons. The van der Waals surface area contributed by atoms with E-state index in [9.17, 15) is 0 Å². The molecule has 0 heterocycles. The van der Waals surface area contributed by atoms with Crippen molar-refractivity contribution in [2.45, 2.75) is 58.5 Å². The van der Waals surface area contributed by atoms with Gasteiger partial charge in [-0.05, 0) is 50.3 Å². The van der Waals surface area contributed by atoms with E-state index in [1.54, 1.807) is 0 Å². The van der Waals surface area contributed by atoms with Gasteiger partial charge in [0.2, 0.25) is 0 Å². The maximum Gasteiger partial charge on any atom is 0.0475 e. The second-order valence-electron chi connectivity index (χ2n) is 6.78. The second kappa shape index (κ2) is 8.55. The van der Waals surface area contributed by atoms with Crippen molar-refractivity contribution in [3.63, 3.8) is 0 Å². The van der Waals surface area contributed by atoms with Gasteiger partial charge in [-0.25, -0.2) is 0 Å². The number of rotatable bonds is 10. The van der Waals surface area contributed by atoms with E-state index in [4.69, 9.17) is 0 Å². The van der Waals surface area contributed by atoms with E-state index < -0.39 is 0 Å². The highest BCUT2D eigenvalue weighted by atomic mass is 15.2. The fraction of sp³-hybridized carbons (Fsp3) is 0.684. The van der Waals surface area contributed by atoms with Crippen LogP contribution in [0.5, 0.6) is 0 Å². The Morgan fingerprint density at radius 1 is 1.19 bits per heavy atom. The van der Waals surface area contributed by atoms with Gasteiger partial charge in [0.1, 0.15) is 0 Å². The third kappa shape index (κ3) is 5.44. The minimum Gasteiger partial charge on any atom is -0.315 e. The summed E-state index contributed by atoms with van der Waals surface area (Å²) in [4.78, 5) is 2.76. The van der Waals surface area contributed by atoms with Gasteiger partial charge in [0.25, 0.3) is 0 Å². The Balaban J connectivity index is 2.07. The van der Waals surface area contributed by atoms with Crippen LogP contribution in [0, 0.1) is 5.92 Å². The third-order valence-electron chi connectivity index (χ3n) is 4.33. The number of nitrogens with one attached hydrogen (secondary N) is 1. The van der Waals surface area contributed by atoms with Gasteiger partial charge in [-0.2, -0.15) is 0 Å². The van der Waals surface area contributed by atoms with Crippen molar-refractivity contribution >= 4 is 0 Å². The van der Waals surface area contributed by atoms with Crippen molar-refractivity contribution in [1.29, 1.82) is 0 Å². The summed E-state index contributed by atoms with van der Waals surface area (Å²) in [7, 11) is 0. The molecule has 0 aromatic heterocycles. The molecule has 2 nitrogen and oxygen atoms in total. The molecule has 2 rings (SSSR count). The van der Waals surface area contributed by atoms with Gasteiger partial charge in [-0.3, -0.25) is 4.90 Å². The van der Waals surface area contributed by atoms with Crippen LogP contribution in [0.3, 0.4) is 0 Å². The molecule has 0 saturated heterocycles. The summed E-state index contributed by atoms with van der Waals surface area (Å²) >= 11 is 0. The molecule has 2 heteroatoms. The Kier molecular flexibility index (Phi) is 6.72. The van der Waals surface area contributed by atoms with E-state index in [-0.39, 0.29) is 0 Å². The first kappa shape index (κ1) is 16.5. The lowest BCUT2D eigenvalue weighted by Crippen LogP contribution is -2.38. The van der Waals surface area contributed by atoms with Crippen LogP contribution in [0.1, 0.15) is 58.1 Å². The van der Waals surface area contributed by atoms with Crippen LogP contribution in [-0.2, 0) is 0 Å². The van der Waals surface area contributed by atoms with Crippen molar-refractivity contribution in [3.05, 3.63) is 35.9 Å². The zero-order valence-electron chi connectivity index (χ0n) is 14.0. The van der Waals surface area contributed by atoms with Crippen LogP contribution in [-0.4, -0.2) is 30.6 Å². The standard InChI is InChI=1S/C19H32N2/c1-4-13-20-15-19(17-8-6-5-7-9-17)21(18-10-11-18)14-12-16(2)3/h5-9,16,18-20H,4,10-15H2,1-3H3. The van der Waals surface area contributed by atoms with Gasteiger partial charge >= 0.3 is 0 Å². The van der Waals surface area contributed by atoms with Gasteiger partial charge in [0.05, 0.1) is 0 Å². The van der Waals surface area contributed by atoms with Crippen LogP contribution in [0.2, 0.25) is 0 Å². The van der Waals surface area contributed by atoms with Gasteiger partial charge in [0, 0.05) is 18.6 Å². The Morgan fingerprint density at radius 2 is 1.90 bits per heavy atom. The molecule has 0 spiro atoms. The maximum absolute atomic E-state index is 3.64. The Hall–Kier alpha value is -0.860. The molecule has 0 amide bonds. The zero-order valence-corrected chi connectivity index (χ0v) is 14.0. The van der Waals surface area contributed by atoms with Crippen LogP contribution in [0.25, 0.3) is 0 Å². The van der Waals surface area contributed by atoms with E-state index in [0.29, 0.717) is 6.04 Å². The van der Waals surface area contributed by atoms with E-state index in [2.05, 4.69) is 61.3 Å². The lowest BCUT2D eigenvalue weighted by Gasteiger charge is -2.33. The lowest BCUT2D eigenvalue weighted by molar-refractivity contribution is 0.173. The molecular weight excluding hydrogens is 256 g/mol.